The van der Waals surface area contributed by atoms with Crippen molar-refractivity contribution in [2.24, 2.45) is 5.92 Å². The first-order valence-electron chi connectivity index (χ1n) is 5.58. The number of carbonyl (C=O) groups is 2. The number of nitrogens with one attached hydrogen (secondary N) is 1. The van der Waals surface area contributed by atoms with E-state index in [4.69, 9.17) is 15.1 Å². The molecule has 0 radical (unpaired) electrons. The fourth-order valence-corrected chi connectivity index (χ4v) is 1.74. The second-order valence-electron chi connectivity index (χ2n) is 4.17. The van der Waals surface area contributed by atoms with E-state index in [1.165, 1.54) is 0 Å². The summed E-state index contributed by atoms with van der Waals surface area (Å²) >= 11 is 0. The Bertz CT molecular complexity index is 331. The van der Waals surface area contributed by atoms with Crippen molar-refractivity contribution in [2.75, 3.05) is 6.61 Å². The van der Waals surface area contributed by atoms with Crippen LogP contribution in [0.25, 0.3) is 0 Å². The molecular weight excluding hydrogens is 224 g/mol. The van der Waals surface area contributed by atoms with Crippen LogP contribution in [0.3, 0.4) is 0 Å². The van der Waals surface area contributed by atoms with Gasteiger partial charge in [0.05, 0.1) is 6.07 Å². The summed E-state index contributed by atoms with van der Waals surface area (Å²) in [6, 6.07) is 0.864. The smallest absolute Gasteiger partial charge is 0.326 e. The lowest BCUT2D eigenvalue weighted by molar-refractivity contribution is -0.145. The van der Waals surface area contributed by atoms with Crippen LogP contribution in [0.1, 0.15) is 26.2 Å². The summed E-state index contributed by atoms with van der Waals surface area (Å²) in [6.45, 7) is 2.15. The fourth-order valence-electron chi connectivity index (χ4n) is 1.74. The van der Waals surface area contributed by atoms with Crippen LogP contribution >= 0.6 is 0 Å². The number of carboxylic acids is 1. The standard InChI is InChI=1S/C11H16N2O4/c1-7(4-5-12)9(11(15)16)13-10(14)8-3-2-6-17-8/h7-9H,2-4,6H2,1H3,(H,13,14)(H,15,16)/t7-,8+,9-/m0/s1. The molecule has 1 fully saturated rings. The van der Waals surface area contributed by atoms with Crippen molar-refractivity contribution in [3.8, 4) is 6.07 Å². The topological polar surface area (TPSA) is 99.4 Å². The normalized spacial score (nSPS) is 22.5. The number of nitriles is 1. The van der Waals surface area contributed by atoms with Crippen LogP contribution < -0.4 is 5.32 Å². The van der Waals surface area contributed by atoms with E-state index in [1.807, 2.05) is 6.07 Å². The largest absolute Gasteiger partial charge is 0.480 e. The molecule has 2 N–H and O–H groups in total. The van der Waals surface area contributed by atoms with E-state index in [2.05, 4.69) is 5.32 Å². The molecule has 0 saturated carbocycles. The Labute approximate surface area is 99.6 Å². The third-order valence-electron chi connectivity index (χ3n) is 2.77. The third-order valence-corrected chi connectivity index (χ3v) is 2.77. The maximum atomic E-state index is 11.7. The number of hydrogen-bond acceptors (Lipinski definition) is 4. The minimum Gasteiger partial charge on any atom is -0.480 e. The summed E-state index contributed by atoms with van der Waals surface area (Å²) in [5.74, 6) is -1.96. The average molecular weight is 240 g/mol. The van der Waals surface area contributed by atoms with Gasteiger partial charge in [-0.05, 0) is 12.8 Å². The Morgan fingerprint density at radius 2 is 2.35 bits per heavy atom. The Morgan fingerprint density at radius 1 is 1.65 bits per heavy atom. The summed E-state index contributed by atoms with van der Waals surface area (Å²) in [5.41, 5.74) is 0. The average Bonchev–Trinajstić information content (AvgIpc) is 2.78. The zero-order valence-corrected chi connectivity index (χ0v) is 9.68. The van der Waals surface area contributed by atoms with Crippen LogP contribution in [0.5, 0.6) is 0 Å². The molecule has 1 heterocycles. The maximum Gasteiger partial charge on any atom is 0.326 e. The first-order chi connectivity index (χ1) is 8.06. The number of nitrogens with zero attached hydrogens (tertiary/aromatic N) is 1. The molecule has 17 heavy (non-hydrogen) atoms. The van der Waals surface area contributed by atoms with Gasteiger partial charge in [-0.1, -0.05) is 6.92 Å². The van der Waals surface area contributed by atoms with E-state index >= 15 is 0 Å². The van der Waals surface area contributed by atoms with Crippen LogP contribution in [-0.2, 0) is 14.3 Å². The van der Waals surface area contributed by atoms with E-state index in [0.717, 1.165) is 6.42 Å². The summed E-state index contributed by atoms with van der Waals surface area (Å²) < 4.78 is 5.17. The molecule has 1 aliphatic rings. The van der Waals surface area contributed by atoms with Crippen LogP contribution in [0.2, 0.25) is 0 Å². The summed E-state index contributed by atoms with van der Waals surface area (Å²) in [7, 11) is 0. The zero-order chi connectivity index (χ0) is 12.8. The number of hydrogen-bond donors (Lipinski definition) is 2. The number of carbonyl (C=O) groups excluding carboxylic acids is 1. The number of carboxylic acid groups (broad SMARTS) is 1. The van der Waals surface area contributed by atoms with E-state index in [1.54, 1.807) is 6.92 Å². The van der Waals surface area contributed by atoms with Crippen molar-refractivity contribution in [3.05, 3.63) is 0 Å². The molecule has 0 unspecified atom stereocenters. The van der Waals surface area contributed by atoms with Gasteiger partial charge in [0.15, 0.2) is 0 Å². The molecule has 1 aliphatic heterocycles. The zero-order valence-electron chi connectivity index (χ0n) is 9.68. The van der Waals surface area contributed by atoms with Crippen molar-refractivity contribution < 1.29 is 19.4 Å². The van der Waals surface area contributed by atoms with Gasteiger partial charge >= 0.3 is 5.97 Å². The molecule has 6 nitrogen and oxygen atoms in total. The van der Waals surface area contributed by atoms with E-state index < -0.39 is 29.9 Å². The lowest BCUT2D eigenvalue weighted by atomic mass is 9.98. The molecule has 3 atom stereocenters. The summed E-state index contributed by atoms with van der Waals surface area (Å²) in [4.78, 5) is 22.7. The van der Waals surface area contributed by atoms with Crippen molar-refractivity contribution in [2.45, 2.75) is 38.3 Å². The minimum atomic E-state index is -1.13. The number of ether oxygens (including phenoxy) is 1. The quantitative estimate of drug-likeness (QED) is 0.719. The fraction of sp³-hybridized carbons (Fsp3) is 0.727. The number of amides is 1. The molecule has 1 amide bonds. The molecule has 0 aromatic rings. The van der Waals surface area contributed by atoms with E-state index in [0.29, 0.717) is 13.0 Å². The SMILES string of the molecule is C[C@@H](CC#N)[C@H](NC(=O)[C@H]1CCCO1)C(=O)O. The Morgan fingerprint density at radius 3 is 2.82 bits per heavy atom. The van der Waals surface area contributed by atoms with Gasteiger partial charge in [-0.15, -0.1) is 0 Å². The molecular formula is C11H16N2O4. The van der Waals surface area contributed by atoms with E-state index in [-0.39, 0.29) is 6.42 Å². The second-order valence-corrected chi connectivity index (χ2v) is 4.17. The predicted octanol–water partition coefficient (Wildman–Crippen LogP) is 0.285. The van der Waals surface area contributed by atoms with Gasteiger partial charge in [0.1, 0.15) is 12.1 Å². The van der Waals surface area contributed by atoms with Crippen LogP contribution in [0, 0.1) is 17.2 Å². The van der Waals surface area contributed by atoms with Crippen LogP contribution in [-0.4, -0.2) is 35.7 Å². The Kier molecular flexibility index (Phi) is 4.91. The summed E-state index contributed by atoms with van der Waals surface area (Å²) in [5, 5.41) is 20.0. The molecule has 1 saturated heterocycles. The lowest BCUT2D eigenvalue weighted by Gasteiger charge is -2.21. The highest BCUT2D eigenvalue weighted by atomic mass is 16.5. The number of rotatable bonds is 5. The van der Waals surface area contributed by atoms with Gasteiger partial charge in [-0.25, -0.2) is 4.79 Å². The van der Waals surface area contributed by atoms with Gasteiger partial charge in [-0.3, -0.25) is 4.79 Å². The highest BCUT2D eigenvalue weighted by Crippen LogP contribution is 2.14. The van der Waals surface area contributed by atoms with Crippen molar-refractivity contribution in [1.29, 1.82) is 5.26 Å². The maximum absolute atomic E-state index is 11.7. The molecule has 0 aromatic carbocycles. The van der Waals surface area contributed by atoms with Crippen molar-refractivity contribution in [3.63, 3.8) is 0 Å². The van der Waals surface area contributed by atoms with Crippen LogP contribution in [0.15, 0.2) is 0 Å². The number of aliphatic carboxylic acids is 1. The molecule has 1 rings (SSSR count). The van der Waals surface area contributed by atoms with Gasteiger partial charge in [0, 0.05) is 18.9 Å². The predicted molar refractivity (Wildman–Crippen MR) is 57.9 cm³/mol. The molecule has 94 valence electrons. The highest BCUT2D eigenvalue weighted by Gasteiger charge is 2.31. The van der Waals surface area contributed by atoms with Gasteiger partial charge < -0.3 is 15.2 Å². The first-order valence-corrected chi connectivity index (χ1v) is 5.58. The third kappa shape index (κ3) is 3.71. The van der Waals surface area contributed by atoms with Crippen LogP contribution in [0.4, 0.5) is 0 Å². The first kappa shape index (κ1) is 13.5. The minimum absolute atomic E-state index is 0.0861. The molecule has 6 heteroatoms. The van der Waals surface area contributed by atoms with E-state index in [9.17, 15) is 9.59 Å². The van der Waals surface area contributed by atoms with Crippen molar-refractivity contribution in [1.82, 2.24) is 5.32 Å². The van der Waals surface area contributed by atoms with Crippen molar-refractivity contribution >= 4 is 11.9 Å². The summed E-state index contributed by atoms with van der Waals surface area (Å²) in [6.07, 6.45) is 0.961. The Hall–Kier alpha value is -1.61. The molecule has 0 aliphatic carbocycles. The van der Waals surface area contributed by atoms with Gasteiger partial charge in [-0.2, -0.15) is 5.26 Å². The monoisotopic (exact) mass is 240 g/mol. The molecule has 0 bridgehead atoms. The molecule has 0 spiro atoms. The lowest BCUT2D eigenvalue weighted by Crippen LogP contribution is -2.48. The molecule has 0 aromatic heterocycles. The van der Waals surface area contributed by atoms with Gasteiger partial charge in [0.2, 0.25) is 5.91 Å². The Balaban J connectivity index is 2.57. The van der Waals surface area contributed by atoms with Gasteiger partial charge in [0.25, 0.3) is 0 Å². The highest BCUT2D eigenvalue weighted by molar-refractivity contribution is 5.86. The second kappa shape index (κ2) is 6.21.